The van der Waals surface area contributed by atoms with Gasteiger partial charge in [0.1, 0.15) is 0 Å². The molecule has 0 atom stereocenters. The molecule has 16 heavy (non-hydrogen) atoms. The fourth-order valence-corrected chi connectivity index (χ4v) is 2.04. The summed E-state index contributed by atoms with van der Waals surface area (Å²) in [6.45, 7) is 1.91. The van der Waals surface area contributed by atoms with E-state index in [4.69, 9.17) is 5.73 Å². The van der Waals surface area contributed by atoms with E-state index in [1.807, 2.05) is 37.3 Å². The summed E-state index contributed by atoms with van der Waals surface area (Å²) in [5.41, 5.74) is 7.47. The van der Waals surface area contributed by atoms with E-state index in [2.05, 4.69) is 0 Å². The van der Waals surface area contributed by atoms with Gasteiger partial charge in [-0.05, 0) is 28.8 Å². The van der Waals surface area contributed by atoms with E-state index in [1.54, 1.807) is 0 Å². The molecule has 0 fully saturated rings. The molecule has 0 radical (unpaired) electrons. The number of carboxylic acid groups (broad SMARTS) is 1. The summed E-state index contributed by atoms with van der Waals surface area (Å²) >= 11 is 0. The van der Waals surface area contributed by atoms with Crippen molar-refractivity contribution >= 4 is 22.4 Å². The summed E-state index contributed by atoms with van der Waals surface area (Å²) in [4.78, 5) is 11.3. The van der Waals surface area contributed by atoms with Crippen LogP contribution in [0.25, 0.3) is 10.8 Å². The first-order valence-electron chi connectivity index (χ1n) is 5.18. The molecule has 0 spiro atoms. The van der Waals surface area contributed by atoms with Crippen LogP contribution < -0.4 is 5.73 Å². The average Bonchev–Trinajstić information content (AvgIpc) is 2.26. The van der Waals surface area contributed by atoms with Crippen LogP contribution in [-0.2, 0) is 6.42 Å². The van der Waals surface area contributed by atoms with Crippen molar-refractivity contribution in [2.24, 2.45) is 0 Å². The molecule has 0 aliphatic rings. The highest BCUT2D eigenvalue weighted by Gasteiger charge is 2.15. The summed E-state index contributed by atoms with van der Waals surface area (Å²) in [7, 11) is 0. The molecule has 0 aliphatic heterocycles. The maximum absolute atomic E-state index is 11.3. The molecule has 0 heterocycles. The summed E-state index contributed by atoms with van der Waals surface area (Å²) in [6, 6.07) is 9.24. The van der Waals surface area contributed by atoms with Crippen LogP contribution in [0.1, 0.15) is 22.8 Å². The Morgan fingerprint density at radius 2 is 2.06 bits per heavy atom. The molecule has 0 unspecified atom stereocenters. The van der Waals surface area contributed by atoms with E-state index in [0.29, 0.717) is 23.2 Å². The maximum Gasteiger partial charge on any atom is 0.336 e. The zero-order chi connectivity index (χ0) is 11.7. The minimum absolute atomic E-state index is 0.332. The molecular weight excluding hydrogens is 202 g/mol. The maximum atomic E-state index is 11.3. The quantitative estimate of drug-likeness (QED) is 0.757. The molecule has 0 saturated carbocycles. The lowest BCUT2D eigenvalue weighted by Crippen LogP contribution is -2.06. The van der Waals surface area contributed by atoms with Crippen LogP contribution in [0.5, 0.6) is 0 Å². The minimum atomic E-state index is -0.916. The number of carbonyl (C=O) groups is 1. The standard InChI is InChI=1S/C13H13NO2/c1-2-9-11(14)7-8-5-3-4-6-10(8)12(9)13(15)16/h3-7H,2,14H2,1H3,(H,15,16). The molecular formula is C13H13NO2. The van der Waals surface area contributed by atoms with E-state index in [1.165, 1.54) is 0 Å². The first-order valence-corrected chi connectivity index (χ1v) is 5.18. The predicted molar refractivity (Wildman–Crippen MR) is 64.7 cm³/mol. The van der Waals surface area contributed by atoms with Crippen LogP contribution in [-0.4, -0.2) is 11.1 Å². The molecule has 2 aromatic carbocycles. The molecule has 2 aromatic rings. The second-order valence-corrected chi connectivity index (χ2v) is 3.70. The predicted octanol–water partition coefficient (Wildman–Crippen LogP) is 2.68. The number of anilines is 1. The highest BCUT2D eigenvalue weighted by atomic mass is 16.4. The number of nitrogen functional groups attached to an aromatic ring is 1. The summed E-state index contributed by atoms with van der Waals surface area (Å²) in [6.07, 6.45) is 0.623. The molecule has 0 aromatic heterocycles. The van der Waals surface area contributed by atoms with Crippen molar-refractivity contribution < 1.29 is 9.90 Å². The number of hydrogen-bond acceptors (Lipinski definition) is 2. The molecule has 3 N–H and O–H groups in total. The largest absolute Gasteiger partial charge is 0.478 e. The van der Waals surface area contributed by atoms with Crippen molar-refractivity contribution in [3.8, 4) is 0 Å². The fourth-order valence-electron chi connectivity index (χ4n) is 2.04. The zero-order valence-electron chi connectivity index (χ0n) is 9.03. The van der Waals surface area contributed by atoms with Gasteiger partial charge in [0.05, 0.1) is 5.56 Å². The van der Waals surface area contributed by atoms with Gasteiger partial charge in [0.25, 0.3) is 0 Å². The molecule has 82 valence electrons. The van der Waals surface area contributed by atoms with E-state index in [-0.39, 0.29) is 0 Å². The lowest BCUT2D eigenvalue weighted by atomic mass is 9.96. The minimum Gasteiger partial charge on any atom is -0.478 e. The second kappa shape index (κ2) is 3.85. The Morgan fingerprint density at radius 3 is 2.69 bits per heavy atom. The molecule has 2 rings (SSSR count). The zero-order valence-corrected chi connectivity index (χ0v) is 9.03. The molecule has 0 bridgehead atoms. The molecule has 0 amide bonds. The Kier molecular flexibility index (Phi) is 2.52. The number of aromatic carboxylic acids is 1. The van der Waals surface area contributed by atoms with Gasteiger partial charge in [0.15, 0.2) is 0 Å². The number of hydrogen-bond donors (Lipinski definition) is 2. The van der Waals surface area contributed by atoms with Gasteiger partial charge in [0, 0.05) is 5.69 Å². The van der Waals surface area contributed by atoms with Crippen LogP contribution in [0.3, 0.4) is 0 Å². The summed E-state index contributed by atoms with van der Waals surface area (Å²) in [5.74, 6) is -0.916. The normalized spacial score (nSPS) is 10.6. The van der Waals surface area contributed by atoms with E-state index < -0.39 is 5.97 Å². The van der Waals surface area contributed by atoms with E-state index in [0.717, 1.165) is 10.8 Å². The lowest BCUT2D eigenvalue weighted by Gasteiger charge is -2.11. The Morgan fingerprint density at radius 1 is 1.38 bits per heavy atom. The fraction of sp³-hybridized carbons (Fsp3) is 0.154. The Balaban J connectivity index is 2.93. The third kappa shape index (κ3) is 1.50. The molecule has 3 nitrogen and oxygen atoms in total. The lowest BCUT2D eigenvalue weighted by molar-refractivity contribution is 0.0698. The SMILES string of the molecule is CCc1c(N)cc2ccccc2c1C(=O)O. The van der Waals surface area contributed by atoms with Crippen molar-refractivity contribution in [1.82, 2.24) is 0 Å². The van der Waals surface area contributed by atoms with Crippen LogP contribution in [0, 0.1) is 0 Å². The molecule has 0 saturated heterocycles. The van der Waals surface area contributed by atoms with Crippen LogP contribution in [0.4, 0.5) is 5.69 Å². The van der Waals surface area contributed by atoms with Gasteiger partial charge in [-0.25, -0.2) is 4.79 Å². The average molecular weight is 215 g/mol. The Hall–Kier alpha value is -2.03. The molecule has 0 aliphatic carbocycles. The topological polar surface area (TPSA) is 63.3 Å². The van der Waals surface area contributed by atoms with E-state index in [9.17, 15) is 9.90 Å². The van der Waals surface area contributed by atoms with Crippen molar-refractivity contribution in [3.05, 3.63) is 41.5 Å². The van der Waals surface area contributed by atoms with Crippen molar-refractivity contribution in [2.45, 2.75) is 13.3 Å². The monoisotopic (exact) mass is 215 g/mol. The van der Waals surface area contributed by atoms with Crippen molar-refractivity contribution in [2.75, 3.05) is 5.73 Å². The van der Waals surface area contributed by atoms with Gasteiger partial charge in [-0.15, -0.1) is 0 Å². The first kappa shape index (κ1) is 10.5. The van der Waals surface area contributed by atoms with Gasteiger partial charge in [-0.1, -0.05) is 31.2 Å². The Bertz CT molecular complexity index is 561. The third-order valence-corrected chi connectivity index (χ3v) is 2.76. The smallest absolute Gasteiger partial charge is 0.336 e. The number of fused-ring (bicyclic) bond motifs is 1. The van der Waals surface area contributed by atoms with Gasteiger partial charge >= 0.3 is 5.97 Å². The highest BCUT2D eigenvalue weighted by Crippen LogP contribution is 2.28. The molecule has 3 heteroatoms. The number of rotatable bonds is 2. The first-order chi connectivity index (χ1) is 7.65. The van der Waals surface area contributed by atoms with Gasteiger partial charge in [-0.2, -0.15) is 0 Å². The summed E-state index contributed by atoms with van der Waals surface area (Å²) < 4.78 is 0. The van der Waals surface area contributed by atoms with Gasteiger partial charge in [-0.3, -0.25) is 0 Å². The third-order valence-electron chi connectivity index (χ3n) is 2.76. The second-order valence-electron chi connectivity index (χ2n) is 3.70. The van der Waals surface area contributed by atoms with E-state index >= 15 is 0 Å². The number of carboxylic acids is 1. The van der Waals surface area contributed by atoms with Crippen molar-refractivity contribution in [3.63, 3.8) is 0 Å². The van der Waals surface area contributed by atoms with Crippen LogP contribution in [0.15, 0.2) is 30.3 Å². The number of benzene rings is 2. The van der Waals surface area contributed by atoms with Crippen LogP contribution >= 0.6 is 0 Å². The summed E-state index contributed by atoms with van der Waals surface area (Å²) in [5, 5.41) is 10.9. The van der Waals surface area contributed by atoms with Crippen LogP contribution in [0.2, 0.25) is 0 Å². The van der Waals surface area contributed by atoms with Gasteiger partial charge < -0.3 is 10.8 Å². The Labute approximate surface area is 93.5 Å². The van der Waals surface area contributed by atoms with Crippen molar-refractivity contribution in [1.29, 1.82) is 0 Å². The highest BCUT2D eigenvalue weighted by molar-refractivity contribution is 6.07. The van der Waals surface area contributed by atoms with Gasteiger partial charge in [0.2, 0.25) is 0 Å². The number of nitrogens with two attached hydrogens (primary N) is 1.